The summed E-state index contributed by atoms with van der Waals surface area (Å²) >= 11 is 0. The number of imide groups is 2. The van der Waals surface area contributed by atoms with Crippen LogP contribution in [-0.4, -0.2) is 29.0 Å². The van der Waals surface area contributed by atoms with Gasteiger partial charge in [-0.1, -0.05) is 30.3 Å². The van der Waals surface area contributed by atoms with Crippen LogP contribution in [0.25, 0.3) is 11.8 Å². The number of barbiturate groups is 1. The summed E-state index contributed by atoms with van der Waals surface area (Å²) in [7, 11) is 0. The van der Waals surface area contributed by atoms with E-state index in [9.17, 15) is 14.4 Å². The number of amides is 4. The van der Waals surface area contributed by atoms with E-state index >= 15 is 0 Å². The van der Waals surface area contributed by atoms with Gasteiger partial charge in [-0.05, 0) is 49.4 Å². The van der Waals surface area contributed by atoms with Crippen LogP contribution >= 0.6 is 0 Å². The topological polar surface area (TPSA) is 80.6 Å². The van der Waals surface area contributed by atoms with Crippen LogP contribution in [-0.2, 0) is 9.59 Å². The zero-order valence-corrected chi connectivity index (χ0v) is 16.2. The molecule has 1 fully saturated rings. The number of hydrogen-bond acceptors (Lipinski definition) is 4. The Morgan fingerprint density at radius 1 is 0.933 bits per heavy atom. The van der Waals surface area contributed by atoms with E-state index in [0.717, 1.165) is 10.6 Å². The molecule has 0 aliphatic carbocycles. The molecule has 0 bridgehead atoms. The Balaban J connectivity index is 1.76. The lowest BCUT2D eigenvalue weighted by molar-refractivity contribution is -0.122. The number of carbonyl (C=O) groups is 3. The number of para-hydroxylation sites is 3. The monoisotopic (exact) mass is 401 g/mol. The second kappa shape index (κ2) is 8.08. The number of nitrogens with zero attached hydrogens (tertiary/aromatic N) is 2. The molecule has 0 radical (unpaired) electrons. The van der Waals surface area contributed by atoms with Crippen molar-refractivity contribution >= 4 is 29.6 Å². The number of urea groups is 1. The molecule has 0 unspecified atom stereocenters. The molecule has 1 saturated heterocycles. The number of benzene rings is 2. The summed E-state index contributed by atoms with van der Waals surface area (Å²) in [5.41, 5.74) is 1.63. The average Bonchev–Trinajstić information content (AvgIpc) is 3.20. The average molecular weight is 401 g/mol. The summed E-state index contributed by atoms with van der Waals surface area (Å²) in [6.07, 6.45) is 3.29. The van der Waals surface area contributed by atoms with Gasteiger partial charge in [0.05, 0.1) is 18.0 Å². The fraction of sp³-hybridized carbons (Fsp3) is 0.0870. The Morgan fingerprint density at radius 2 is 1.67 bits per heavy atom. The predicted octanol–water partition coefficient (Wildman–Crippen LogP) is 3.54. The lowest BCUT2D eigenvalue weighted by Crippen LogP contribution is -2.54. The summed E-state index contributed by atoms with van der Waals surface area (Å²) in [6.45, 7) is 2.40. The van der Waals surface area contributed by atoms with Gasteiger partial charge in [0.2, 0.25) is 0 Å². The molecule has 0 atom stereocenters. The predicted molar refractivity (Wildman–Crippen MR) is 112 cm³/mol. The zero-order chi connectivity index (χ0) is 21.1. The maximum Gasteiger partial charge on any atom is 0.335 e. The first-order chi connectivity index (χ1) is 14.6. The number of ether oxygens (including phenoxy) is 1. The second-order valence-electron chi connectivity index (χ2n) is 6.50. The first kappa shape index (κ1) is 19.2. The molecule has 0 saturated carbocycles. The van der Waals surface area contributed by atoms with Crippen LogP contribution < -0.4 is 15.0 Å². The highest BCUT2D eigenvalue weighted by atomic mass is 16.5. The third kappa shape index (κ3) is 3.48. The number of rotatable bonds is 5. The van der Waals surface area contributed by atoms with Gasteiger partial charge >= 0.3 is 6.03 Å². The molecule has 7 heteroatoms. The maximum absolute atomic E-state index is 13.0. The van der Waals surface area contributed by atoms with Crippen molar-refractivity contribution in [3.05, 3.63) is 84.2 Å². The number of aromatic nitrogens is 1. The van der Waals surface area contributed by atoms with Crippen molar-refractivity contribution in [2.75, 3.05) is 11.5 Å². The largest absolute Gasteiger partial charge is 0.492 e. The highest BCUT2D eigenvalue weighted by Gasteiger charge is 2.36. The van der Waals surface area contributed by atoms with Crippen molar-refractivity contribution < 1.29 is 19.1 Å². The van der Waals surface area contributed by atoms with Crippen LogP contribution in [0.2, 0.25) is 0 Å². The maximum atomic E-state index is 13.0. The summed E-state index contributed by atoms with van der Waals surface area (Å²) in [4.78, 5) is 38.7. The highest BCUT2D eigenvalue weighted by molar-refractivity contribution is 6.39. The Hall–Kier alpha value is -4.13. The number of nitrogens with one attached hydrogen (secondary N) is 1. The van der Waals surface area contributed by atoms with Crippen molar-refractivity contribution in [2.24, 2.45) is 0 Å². The molecule has 1 aliphatic rings. The third-order valence-corrected chi connectivity index (χ3v) is 4.61. The smallest absolute Gasteiger partial charge is 0.335 e. The molecule has 3 aromatic rings. The molecule has 2 heterocycles. The van der Waals surface area contributed by atoms with Gasteiger partial charge in [-0.25, -0.2) is 9.69 Å². The van der Waals surface area contributed by atoms with Gasteiger partial charge in [-0.2, -0.15) is 0 Å². The van der Waals surface area contributed by atoms with E-state index < -0.39 is 17.8 Å². The van der Waals surface area contributed by atoms with Gasteiger partial charge in [0.25, 0.3) is 11.8 Å². The van der Waals surface area contributed by atoms with E-state index in [1.165, 1.54) is 6.08 Å². The van der Waals surface area contributed by atoms with Crippen molar-refractivity contribution in [3.63, 3.8) is 0 Å². The highest BCUT2D eigenvalue weighted by Crippen LogP contribution is 2.27. The molecule has 1 aliphatic heterocycles. The molecule has 7 nitrogen and oxygen atoms in total. The van der Waals surface area contributed by atoms with Crippen LogP contribution in [0.3, 0.4) is 0 Å². The first-order valence-corrected chi connectivity index (χ1v) is 9.46. The molecule has 30 heavy (non-hydrogen) atoms. The van der Waals surface area contributed by atoms with Crippen molar-refractivity contribution in [3.8, 4) is 11.4 Å². The molecule has 0 spiro atoms. The number of carbonyl (C=O) groups excluding carboxylic acids is 3. The molecular weight excluding hydrogens is 382 g/mol. The van der Waals surface area contributed by atoms with E-state index in [1.807, 2.05) is 42.0 Å². The Bertz CT molecular complexity index is 1150. The molecular formula is C23H19N3O4. The lowest BCUT2D eigenvalue weighted by Gasteiger charge is -2.26. The van der Waals surface area contributed by atoms with Gasteiger partial charge in [0.1, 0.15) is 11.3 Å². The SMILES string of the molecule is CCOc1ccccc1-n1cccc1/C=C1/C(=O)NC(=O)N(c2ccccc2)C1=O. The summed E-state index contributed by atoms with van der Waals surface area (Å²) < 4.78 is 7.52. The van der Waals surface area contributed by atoms with Gasteiger partial charge in [-0.15, -0.1) is 0 Å². The fourth-order valence-electron chi connectivity index (χ4n) is 3.28. The summed E-state index contributed by atoms with van der Waals surface area (Å²) in [6, 6.07) is 18.8. The molecule has 2 aromatic carbocycles. The van der Waals surface area contributed by atoms with Crippen molar-refractivity contribution in [1.82, 2.24) is 9.88 Å². The van der Waals surface area contributed by atoms with Crippen LogP contribution in [0.4, 0.5) is 10.5 Å². The van der Waals surface area contributed by atoms with Gasteiger partial charge in [0, 0.05) is 11.9 Å². The van der Waals surface area contributed by atoms with Crippen LogP contribution in [0.15, 0.2) is 78.5 Å². The number of hydrogen-bond donors (Lipinski definition) is 1. The fourth-order valence-corrected chi connectivity index (χ4v) is 3.28. The van der Waals surface area contributed by atoms with Crippen LogP contribution in [0.5, 0.6) is 5.75 Å². The Kier molecular flexibility index (Phi) is 5.17. The molecule has 4 amide bonds. The van der Waals surface area contributed by atoms with Gasteiger partial charge in [0.15, 0.2) is 0 Å². The van der Waals surface area contributed by atoms with E-state index in [0.29, 0.717) is 23.7 Å². The minimum Gasteiger partial charge on any atom is -0.492 e. The minimum absolute atomic E-state index is 0.132. The Morgan fingerprint density at radius 3 is 2.43 bits per heavy atom. The standard InChI is InChI=1S/C23H19N3O4/c1-2-30-20-13-7-6-12-19(20)25-14-8-11-17(25)15-18-21(27)24-23(29)26(22(18)28)16-9-4-3-5-10-16/h3-15H,2H2,1H3,(H,24,27,29)/b18-15-. The zero-order valence-electron chi connectivity index (χ0n) is 16.2. The van der Waals surface area contributed by atoms with Crippen LogP contribution in [0.1, 0.15) is 12.6 Å². The quantitative estimate of drug-likeness (QED) is 0.524. The van der Waals surface area contributed by atoms with Crippen molar-refractivity contribution in [1.29, 1.82) is 0 Å². The van der Waals surface area contributed by atoms with Gasteiger partial charge < -0.3 is 9.30 Å². The lowest BCUT2D eigenvalue weighted by atomic mass is 10.1. The van der Waals surface area contributed by atoms with Crippen LogP contribution in [0, 0.1) is 0 Å². The third-order valence-electron chi connectivity index (χ3n) is 4.61. The molecule has 150 valence electrons. The van der Waals surface area contributed by atoms with E-state index in [1.54, 1.807) is 42.5 Å². The summed E-state index contributed by atoms with van der Waals surface area (Å²) in [5, 5.41) is 2.24. The first-order valence-electron chi connectivity index (χ1n) is 9.46. The normalized spacial score (nSPS) is 15.4. The molecule has 4 rings (SSSR count). The van der Waals surface area contributed by atoms with Gasteiger partial charge in [-0.3, -0.25) is 14.9 Å². The van der Waals surface area contributed by atoms with Crippen molar-refractivity contribution in [2.45, 2.75) is 6.92 Å². The Labute approximate surface area is 173 Å². The van der Waals surface area contributed by atoms with E-state index in [4.69, 9.17) is 4.74 Å². The van der Waals surface area contributed by atoms with E-state index in [2.05, 4.69) is 5.32 Å². The minimum atomic E-state index is -0.773. The second-order valence-corrected chi connectivity index (χ2v) is 6.50. The summed E-state index contributed by atoms with van der Waals surface area (Å²) in [5.74, 6) is -0.736. The molecule has 1 N–H and O–H groups in total. The molecule has 1 aromatic heterocycles. The number of anilines is 1. The van der Waals surface area contributed by atoms with E-state index in [-0.39, 0.29) is 5.57 Å².